The maximum Gasteiger partial charge on any atom is 0.410 e. The van der Waals surface area contributed by atoms with Crippen LogP contribution in [0.2, 0.25) is 0 Å². The first-order valence-corrected chi connectivity index (χ1v) is 4.19. The van der Waals surface area contributed by atoms with E-state index < -0.39 is 0 Å². The molecule has 3 heteroatoms. The zero-order chi connectivity index (χ0) is 8.81. The largest absolute Gasteiger partial charge is 0.445 e. The third-order valence-electron chi connectivity index (χ3n) is 1.79. The van der Waals surface area contributed by atoms with E-state index in [2.05, 4.69) is 13.0 Å². The molecule has 3 nitrogen and oxygen atoms in total. The van der Waals surface area contributed by atoms with Crippen molar-refractivity contribution in [1.82, 2.24) is 4.90 Å². The quantitative estimate of drug-likeness (QED) is 0.586. The van der Waals surface area contributed by atoms with Gasteiger partial charge in [-0.3, -0.25) is 0 Å². The molecule has 1 aliphatic heterocycles. The highest BCUT2D eigenvalue weighted by Crippen LogP contribution is 2.08. The van der Waals surface area contributed by atoms with E-state index in [1.165, 1.54) is 0 Å². The van der Waals surface area contributed by atoms with Crippen LogP contribution in [0, 0.1) is 6.42 Å². The number of piperidine rings is 1. The third kappa shape index (κ3) is 2.57. The Kier molecular flexibility index (Phi) is 3.64. The van der Waals surface area contributed by atoms with Crippen LogP contribution in [0.4, 0.5) is 4.79 Å². The lowest BCUT2D eigenvalue weighted by Gasteiger charge is -2.25. The Morgan fingerprint density at radius 2 is 2.25 bits per heavy atom. The van der Waals surface area contributed by atoms with E-state index in [9.17, 15) is 4.79 Å². The normalized spacial score (nSPS) is 17.2. The molecule has 0 aromatic carbocycles. The Hall–Kier alpha value is -0.990. The summed E-state index contributed by atoms with van der Waals surface area (Å²) in [7, 11) is 0. The molecule has 0 saturated carbocycles. The van der Waals surface area contributed by atoms with E-state index in [0.717, 1.165) is 25.9 Å². The van der Waals surface area contributed by atoms with Crippen LogP contribution >= 0.6 is 0 Å². The van der Waals surface area contributed by atoms with Crippen molar-refractivity contribution in [2.24, 2.45) is 0 Å². The van der Waals surface area contributed by atoms with Crippen LogP contribution in [0.15, 0.2) is 12.7 Å². The minimum Gasteiger partial charge on any atom is -0.445 e. The number of hydrogen-bond donors (Lipinski definition) is 0. The lowest BCUT2D eigenvalue weighted by Crippen LogP contribution is -2.36. The van der Waals surface area contributed by atoms with E-state index in [4.69, 9.17) is 4.74 Å². The second kappa shape index (κ2) is 4.80. The summed E-state index contributed by atoms with van der Waals surface area (Å²) in [6, 6.07) is 0. The van der Waals surface area contributed by atoms with Crippen molar-refractivity contribution in [3.8, 4) is 0 Å². The number of ether oxygens (including phenoxy) is 1. The third-order valence-corrected chi connectivity index (χ3v) is 1.79. The molecule has 1 heterocycles. The van der Waals surface area contributed by atoms with Gasteiger partial charge in [-0.15, -0.1) is 0 Å². The number of likely N-dealkylation sites (tertiary alicyclic amines) is 1. The van der Waals surface area contributed by atoms with E-state index in [1.807, 2.05) is 0 Å². The second-order valence-electron chi connectivity index (χ2n) is 2.72. The topological polar surface area (TPSA) is 29.5 Å². The van der Waals surface area contributed by atoms with Crippen LogP contribution in [0.1, 0.15) is 12.8 Å². The predicted octanol–water partition coefficient (Wildman–Crippen LogP) is 1.61. The first-order valence-electron chi connectivity index (χ1n) is 4.19. The van der Waals surface area contributed by atoms with Gasteiger partial charge in [-0.25, -0.2) is 4.79 Å². The van der Waals surface area contributed by atoms with Crippen LogP contribution in [0.5, 0.6) is 0 Å². The van der Waals surface area contributed by atoms with Crippen molar-refractivity contribution in [2.75, 3.05) is 19.7 Å². The van der Waals surface area contributed by atoms with Gasteiger partial charge in [-0.2, -0.15) is 0 Å². The minimum atomic E-state index is -0.219. The molecule has 0 atom stereocenters. The fourth-order valence-electron chi connectivity index (χ4n) is 1.15. The number of amides is 1. The van der Waals surface area contributed by atoms with E-state index in [1.54, 1.807) is 11.0 Å². The highest BCUT2D eigenvalue weighted by molar-refractivity contribution is 5.67. The minimum absolute atomic E-state index is 0.219. The Morgan fingerprint density at radius 1 is 1.58 bits per heavy atom. The number of carbonyl (C=O) groups excluding carboxylic acids is 1. The summed E-state index contributed by atoms with van der Waals surface area (Å²) in [4.78, 5) is 12.9. The number of nitrogens with zero attached hydrogens (tertiary/aromatic N) is 1. The molecular weight excluding hydrogens is 154 g/mol. The second-order valence-corrected chi connectivity index (χ2v) is 2.72. The van der Waals surface area contributed by atoms with E-state index >= 15 is 0 Å². The van der Waals surface area contributed by atoms with Gasteiger partial charge in [0.15, 0.2) is 0 Å². The summed E-state index contributed by atoms with van der Waals surface area (Å²) in [5.74, 6) is 0. The molecule has 1 aliphatic rings. The Balaban J connectivity index is 2.24. The van der Waals surface area contributed by atoms with Gasteiger partial charge in [0.25, 0.3) is 0 Å². The molecule has 0 unspecified atom stereocenters. The van der Waals surface area contributed by atoms with Crippen LogP contribution in [-0.2, 0) is 4.74 Å². The average Bonchev–Trinajstić information content (AvgIpc) is 2.15. The molecule has 1 rings (SSSR count). The van der Waals surface area contributed by atoms with Crippen molar-refractivity contribution >= 4 is 6.09 Å². The Bertz CT molecular complexity index is 162. The molecule has 67 valence electrons. The van der Waals surface area contributed by atoms with Gasteiger partial charge in [0, 0.05) is 13.1 Å². The molecular formula is C9H14NO2. The molecule has 1 radical (unpaired) electrons. The fourth-order valence-corrected chi connectivity index (χ4v) is 1.15. The van der Waals surface area contributed by atoms with E-state index in [-0.39, 0.29) is 6.09 Å². The van der Waals surface area contributed by atoms with Crippen LogP contribution in [0.25, 0.3) is 0 Å². The molecule has 1 amide bonds. The number of hydrogen-bond acceptors (Lipinski definition) is 2. The summed E-state index contributed by atoms with van der Waals surface area (Å²) < 4.78 is 4.89. The summed E-state index contributed by atoms with van der Waals surface area (Å²) in [6.07, 6.45) is 5.50. The molecule has 0 aliphatic carbocycles. The smallest absolute Gasteiger partial charge is 0.410 e. The monoisotopic (exact) mass is 168 g/mol. The molecule has 0 bridgehead atoms. The van der Waals surface area contributed by atoms with Gasteiger partial charge in [0.1, 0.15) is 6.61 Å². The highest BCUT2D eigenvalue weighted by atomic mass is 16.6. The molecule has 1 saturated heterocycles. The molecule has 0 N–H and O–H groups in total. The van der Waals surface area contributed by atoms with Gasteiger partial charge in [0.05, 0.1) is 0 Å². The van der Waals surface area contributed by atoms with Gasteiger partial charge in [0.2, 0.25) is 0 Å². The Labute approximate surface area is 73.0 Å². The van der Waals surface area contributed by atoms with Gasteiger partial charge in [-0.1, -0.05) is 12.7 Å². The van der Waals surface area contributed by atoms with Crippen molar-refractivity contribution in [3.63, 3.8) is 0 Å². The van der Waals surface area contributed by atoms with Gasteiger partial charge >= 0.3 is 6.09 Å². The maximum atomic E-state index is 11.2. The molecule has 0 spiro atoms. The van der Waals surface area contributed by atoms with Crippen molar-refractivity contribution in [3.05, 3.63) is 19.1 Å². The standard InChI is InChI=1S/C9H14NO2/c1-2-8-12-9(11)10-6-4-3-5-7-10/h2-3H,1,4-8H2. The maximum absolute atomic E-state index is 11.2. The first kappa shape index (κ1) is 9.10. The lowest BCUT2D eigenvalue weighted by atomic mass is 10.1. The van der Waals surface area contributed by atoms with Crippen LogP contribution < -0.4 is 0 Å². The zero-order valence-electron chi connectivity index (χ0n) is 7.16. The first-order chi connectivity index (χ1) is 5.84. The summed E-state index contributed by atoms with van der Waals surface area (Å²) in [5.41, 5.74) is 0. The zero-order valence-corrected chi connectivity index (χ0v) is 7.16. The van der Waals surface area contributed by atoms with E-state index in [0.29, 0.717) is 6.61 Å². The van der Waals surface area contributed by atoms with Gasteiger partial charge in [-0.05, 0) is 19.3 Å². The van der Waals surface area contributed by atoms with Crippen LogP contribution in [0.3, 0.4) is 0 Å². The Morgan fingerprint density at radius 3 is 2.83 bits per heavy atom. The summed E-state index contributed by atoms with van der Waals surface area (Å²) >= 11 is 0. The van der Waals surface area contributed by atoms with Crippen molar-refractivity contribution in [2.45, 2.75) is 12.8 Å². The molecule has 12 heavy (non-hydrogen) atoms. The van der Waals surface area contributed by atoms with Crippen molar-refractivity contribution in [1.29, 1.82) is 0 Å². The molecule has 0 aromatic heterocycles. The summed E-state index contributed by atoms with van der Waals surface area (Å²) in [5, 5.41) is 0. The van der Waals surface area contributed by atoms with Gasteiger partial charge < -0.3 is 9.64 Å². The average molecular weight is 168 g/mol. The number of rotatable bonds is 2. The number of carbonyl (C=O) groups is 1. The van der Waals surface area contributed by atoms with Crippen LogP contribution in [-0.4, -0.2) is 30.7 Å². The molecule has 1 fully saturated rings. The molecule has 0 aromatic rings. The van der Waals surface area contributed by atoms with Crippen molar-refractivity contribution < 1.29 is 9.53 Å². The highest BCUT2D eigenvalue weighted by Gasteiger charge is 2.16. The lowest BCUT2D eigenvalue weighted by molar-refractivity contribution is 0.109. The summed E-state index contributed by atoms with van der Waals surface area (Å²) in [6.45, 7) is 5.36. The predicted molar refractivity (Wildman–Crippen MR) is 46.7 cm³/mol. The fraction of sp³-hybridized carbons (Fsp3) is 0.556. The SMILES string of the molecule is C=CCOC(=O)N1CC[CH]CC1.